The lowest BCUT2D eigenvalue weighted by Gasteiger charge is -2.12. The zero-order chi connectivity index (χ0) is 16.2. The van der Waals surface area contributed by atoms with Gasteiger partial charge in [0, 0.05) is 15.5 Å². The molecule has 0 saturated carbocycles. The summed E-state index contributed by atoms with van der Waals surface area (Å²) >= 11 is 0. The summed E-state index contributed by atoms with van der Waals surface area (Å²) in [6.45, 7) is -3.34. The quantitative estimate of drug-likeness (QED) is 0.731. The lowest BCUT2D eigenvalue weighted by molar-refractivity contribution is 0.0664. The van der Waals surface area contributed by atoms with Crippen molar-refractivity contribution >= 4 is 21.7 Å². The standard InChI is InChI=1S/C11H11NO4S/c1-17(15,16)7-6-12-10(13)8-4-2-3-5-9(8)11(12)14/h2-5H,6-7H2,1H3/i6D2,7D2. The van der Waals surface area contributed by atoms with Gasteiger partial charge in [-0.1, -0.05) is 12.1 Å². The maximum Gasteiger partial charge on any atom is 0.261 e. The van der Waals surface area contributed by atoms with Crippen molar-refractivity contribution in [2.75, 3.05) is 18.5 Å². The zero-order valence-corrected chi connectivity index (χ0v) is 9.61. The molecule has 0 saturated heterocycles. The molecule has 1 aromatic carbocycles. The van der Waals surface area contributed by atoms with Crippen LogP contribution < -0.4 is 0 Å². The molecule has 0 unspecified atom stereocenters. The molecular weight excluding hydrogens is 242 g/mol. The van der Waals surface area contributed by atoms with E-state index < -0.39 is 33.9 Å². The zero-order valence-electron chi connectivity index (χ0n) is 12.8. The summed E-state index contributed by atoms with van der Waals surface area (Å²) in [6.07, 6.45) is 0.503. The van der Waals surface area contributed by atoms with Crippen LogP contribution in [0.3, 0.4) is 0 Å². The van der Waals surface area contributed by atoms with Gasteiger partial charge in [-0.2, -0.15) is 0 Å². The Hall–Kier alpha value is -1.69. The molecule has 1 aliphatic heterocycles. The van der Waals surface area contributed by atoms with Crippen molar-refractivity contribution in [3.05, 3.63) is 35.4 Å². The van der Waals surface area contributed by atoms with Crippen molar-refractivity contribution in [2.24, 2.45) is 0 Å². The summed E-state index contributed by atoms with van der Waals surface area (Å²) in [5, 5.41) is 0. The molecule has 5 nitrogen and oxygen atoms in total. The molecule has 1 heterocycles. The number of sulfone groups is 1. The third-order valence-electron chi connectivity index (χ3n) is 2.14. The summed E-state index contributed by atoms with van der Waals surface area (Å²) < 4.78 is 53.4. The molecule has 0 aliphatic carbocycles. The van der Waals surface area contributed by atoms with Crippen LogP contribution in [0.25, 0.3) is 0 Å². The van der Waals surface area contributed by atoms with Crippen LogP contribution in [0.5, 0.6) is 0 Å². The minimum absolute atomic E-state index is 0.0265. The normalized spacial score (nSPS) is 20.4. The van der Waals surface area contributed by atoms with Gasteiger partial charge in [-0.15, -0.1) is 0 Å². The average molecular weight is 257 g/mol. The number of rotatable bonds is 3. The van der Waals surface area contributed by atoms with Gasteiger partial charge in [0.05, 0.1) is 19.6 Å². The van der Waals surface area contributed by atoms with Gasteiger partial charge in [-0.25, -0.2) is 8.42 Å². The summed E-state index contributed by atoms with van der Waals surface area (Å²) in [5.74, 6) is -2.12. The van der Waals surface area contributed by atoms with E-state index in [1.165, 1.54) is 24.3 Å². The molecule has 0 radical (unpaired) electrons. The second-order valence-electron chi connectivity index (χ2n) is 3.48. The Morgan fingerprint density at radius 3 is 2.06 bits per heavy atom. The lowest BCUT2D eigenvalue weighted by atomic mass is 10.1. The lowest BCUT2D eigenvalue weighted by Crippen LogP contribution is -2.34. The van der Waals surface area contributed by atoms with E-state index in [0.717, 1.165) is 0 Å². The number of imide groups is 1. The van der Waals surface area contributed by atoms with E-state index in [2.05, 4.69) is 0 Å². The Morgan fingerprint density at radius 2 is 1.65 bits per heavy atom. The molecule has 17 heavy (non-hydrogen) atoms. The van der Waals surface area contributed by atoms with E-state index in [0.29, 0.717) is 6.26 Å². The number of amides is 2. The van der Waals surface area contributed by atoms with Gasteiger partial charge in [0.15, 0.2) is 0 Å². The third kappa shape index (κ3) is 2.21. The van der Waals surface area contributed by atoms with E-state index in [1.54, 1.807) is 0 Å². The van der Waals surface area contributed by atoms with Crippen molar-refractivity contribution in [3.8, 4) is 0 Å². The first-order valence-electron chi connectivity index (χ1n) is 6.60. The minimum atomic E-state index is -4.52. The minimum Gasteiger partial charge on any atom is -0.273 e. The van der Waals surface area contributed by atoms with Crippen LogP contribution in [0, 0.1) is 0 Å². The van der Waals surface area contributed by atoms with Gasteiger partial charge in [-0.3, -0.25) is 14.5 Å². The van der Waals surface area contributed by atoms with E-state index >= 15 is 0 Å². The third-order valence-corrected chi connectivity index (χ3v) is 2.60. The van der Waals surface area contributed by atoms with Crippen LogP contribution in [0.4, 0.5) is 0 Å². The smallest absolute Gasteiger partial charge is 0.261 e. The monoisotopic (exact) mass is 257 g/mol. The number of carbonyl (C=O) groups is 2. The van der Waals surface area contributed by atoms with Crippen molar-refractivity contribution in [2.45, 2.75) is 0 Å². The van der Waals surface area contributed by atoms with E-state index in [-0.39, 0.29) is 16.0 Å². The molecule has 90 valence electrons. The predicted octanol–water partition coefficient (Wildman–Crippen LogP) is 0.327. The maximum absolute atomic E-state index is 12.1. The number of hydrogen-bond donors (Lipinski definition) is 0. The van der Waals surface area contributed by atoms with Crippen LogP contribution in [0.15, 0.2) is 24.3 Å². The Balaban J connectivity index is 2.59. The Labute approximate surface area is 105 Å². The molecule has 0 aromatic heterocycles. The Kier molecular flexibility index (Phi) is 1.77. The van der Waals surface area contributed by atoms with Crippen LogP contribution >= 0.6 is 0 Å². The highest BCUT2D eigenvalue weighted by Gasteiger charge is 2.35. The first-order chi connectivity index (χ1) is 9.43. The predicted molar refractivity (Wildman–Crippen MR) is 61.5 cm³/mol. The van der Waals surface area contributed by atoms with Crippen molar-refractivity contribution in [1.29, 1.82) is 0 Å². The van der Waals surface area contributed by atoms with Gasteiger partial charge in [0.25, 0.3) is 11.8 Å². The van der Waals surface area contributed by atoms with Gasteiger partial charge in [0.2, 0.25) is 0 Å². The topological polar surface area (TPSA) is 71.5 Å². The van der Waals surface area contributed by atoms with Crippen molar-refractivity contribution in [3.63, 3.8) is 0 Å². The maximum atomic E-state index is 12.1. The van der Waals surface area contributed by atoms with Gasteiger partial charge < -0.3 is 0 Å². The highest BCUT2D eigenvalue weighted by atomic mass is 32.2. The average Bonchev–Trinajstić information content (AvgIpc) is 2.61. The molecule has 0 bridgehead atoms. The summed E-state index contributed by atoms with van der Waals surface area (Å²) in [4.78, 5) is 24.3. The molecule has 1 aliphatic rings. The van der Waals surface area contributed by atoms with Gasteiger partial charge in [0.1, 0.15) is 9.84 Å². The number of benzene rings is 1. The fourth-order valence-electron chi connectivity index (χ4n) is 1.42. The highest BCUT2D eigenvalue weighted by molar-refractivity contribution is 7.90. The first kappa shape index (κ1) is 7.60. The second-order valence-corrected chi connectivity index (χ2v) is 5.23. The Bertz CT molecular complexity index is 709. The number of hydrogen-bond acceptors (Lipinski definition) is 4. The SMILES string of the molecule is [2H]C([2H])(N1C(=O)c2ccccc2C1=O)C([2H])([2H])S(C)(=O)=O. The van der Waals surface area contributed by atoms with Crippen molar-refractivity contribution in [1.82, 2.24) is 4.90 Å². The molecule has 0 atom stereocenters. The van der Waals surface area contributed by atoms with Crippen LogP contribution in [-0.2, 0) is 9.84 Å². The molecule has 1 aromatic rings. The molecule has 2 rings (SSSR count). The summed E-state index contributed by atoms with van der Waals surface area (Å²) in [7, 11) is -4.52. The molecular formula is C11H11NO4S. The Morgan fingerprint density at radius 1 is 1.18 bits per heavy atom. The van der Waals surface area contributed by atoms with Crippen LogP contribution in [-0.4, -0.2) is 43.6 Å². The fourth-order valence-corrected chi connectivity index (χ4v) is 1.68. The van der Waals surface area contributed by atoms with E-state index in [4.69, 9.17) is 5.48 Å². The van der Waals surface area contributed by atoms with Crippen molar-refractivity contribution < 1.29 is 23.5 Å². The summed E-state index contributed by atoms with van der Waals surface area (Å²) in [6, 6.07) is 5.52. The van der Waals surface area contributed by atoms with E-state index in [1.807, 2.05) is 0 Å². The molecule has 0 fully saturated rings. The molecule has 2 amide bonds. The number of carbonyl (C=O) groups excluding carboxylic acids is 2. The number of fused-ring (bicyclic) bond motifs is 1. The highest BCUT2D eigenvalue weighted by Crippen LogP contribution is 2.21. The second kappa shape index (κ2) is 3.96. The largest absolute Gasteiger partial charge is 0.273 e. The fraction of sp³-hybridized carbons (Fsp3) is 0.273. The van der Waals surface area contributed by atoms with Gasteiger partial charge >= 0.3 is 0 Å². The summed E-state index contributed by atoms with van der Waals surface area (Å²) in [5.41, 5.74) is -3.61. The first-order valence-corrected chi connectivity index (χ1v) is 6.49. The number of nitrogens with zero attached hydrogens (tertiary/aromatic N) is 1. The van der Waals surface area contributed by atoms with E-state index in [9.17, 15) is 18.0 Å². The van der Waals surface area contributed by atoms with Crippen LogP contribution in [0.2, 0.25) is 0 Å². The van der Waals surface area contributed by atoms with Gasteiger partial charge in [-0.05, 0) is 12.1 Å². The molecule has 6 heteroatoms. The molecule has 0 N–H and O–H groups in total. The molecule has 0 spiro atoms. The van der Waals surface area contributed by atoms with Crippen LogP contribution in [0.1, 0.15) is 26.2 Å².